The van der Waals surface area contributed by atoms with Crippen molar-refractivity contribution in [2.75, 3.05) is 13.2 Å². The highest BCUT2D eigenvalue weighted by Crippen LogP contribution is 2.20. The van der Waals surface area contributed by atoms with Crippen molar-refractivity contribution in [2.24, 2.45) is 0 Å². The van der Waals surface area contributed by atoms with Gasteiger partial charge in [0.05, 0.1) is 18.2 Å². The zero-order valence-corrected chi connectivity index (χ0v) is 8.90. The summed E-state index contributed by atoms with van der Waals surface area (Å²) in [5, 5.41) is 9.11. The second kappa shape index (κ2) is 4.61. The number of benzene rings is 1. The standard InChI is InChI=1S/C12H14FNO2/c13-11-6-2-1-5-10(11)12(16)14-7-3-4-9(14)8-15/h1-2,5-6,9,15H,3-4,7-8H2/t9-/m1/s1. The number of hydrogen-bond donors (Lipinski definition) is 1. The summed E-state index contributed by atoms with van der Waals surface area (Å²) in [6.45, 7) is 0.540. The van der Waals surface area contributed by atoms with Crippen LogP contribution in [-0.4, -0.2) is 35.1 Å². The van der Waals surface area contributed by atoms with E-state index in [4.69, 9.17) is 5.11 Å². The lowest BCUT2D eigenvalue weighted by Gasteiger charge is -2.23. The van der Waals surface area contributed by atoms with Gasteiger partial charge in [-0.2, -0.15) is 0 Å². The normalized spacial score (nSPS) is 20.1. The fourth-order valence-corrected chi connectivity index (χ4v) is 2.08. The van der Waals surface area contributed by atoms with Crippen LogP contribution in [0.5, 0.6) is 0 Å². The molecule has 0 bridgehead atoms. The number of hydrogen-bond acceptors (Lipinski definition) is 2. The summed E-state index contributed by atoms with van der Waals surface area (Å²) >= 11 is 0. The molecule has 4 heteroatoms. The number of carbonyl (C=O) groups is 1. The molecule has 1 aliphatic rings. The number of rotatable bonds is 2. The molecule has 1 aromatic carbocycles. The monoisotopic (exact) mass is 223 g/mol. The molecular weight excluding hydrogens is 209 g/mol. The highest BCUT2D eigenvalue weighted by Gasteiger charge is 2.29. The third kappa shape index (κ3) is 1.93. The highest BCUT2D eigenvalue weighted by molar-refractivity contribution is 5.94. The molecule has 0 aliphatic carbocycles. The van der Waals surface area contributed by atoms with Crippen LogP contribution < -0.4 is 0 Å². The van der Waals surface area contributed by atoms with Gasteiger partial charge in [-0.15, -0.1) is 0 Å². The zero-order valence-electron chi connectivity index (χ0n) is 8.90. The molecule has 1 aromatic rings. The van der Waals surface area contributed by atoms with Gasteiger partial charge in [0.15, 0.2) is 0 Å². The Balaban J connectivity index is 2.22. The molecule has 86 valence electrons. The molecule has 1 amide bonds. The van der Waals surface area contributed by atoms with Gasteiger partial charge in [0.1, 0.15) is 5.82 Å². The molecule has 0 saturated carbocycles. The van der Waals surface area contributed by atoms with Gasteiger partial charge in [0.2, 0.25) is 0 Å². The number of nitrogens with zero attached hydrogens (tertiary/aromatic N) is 1. The van der Waals surface area contributed by atoms with Crippen molar-refractivity contribution in [3.05, 3.63) is 35.6 Å². The Kier molecular flexibility index (Phi) is 3.19. The van der Waals surface area contributed by atoms with Crippen LogP contribution in [0, 0.1) is 5.82 Å². The van der Waals surface area contributed by atoms with E-state index in [-0.39, 0.29) is 24.1 Å². The molecule has 0 unspecified atom stereocenters. The molecule has 1 saturated heterocycles. The molecule has 1 heterocycles. The predicted molar refractivity (Wildman–Crippen MR) is 57.5 cm³/mol. The molecule has 3 nitrogen and oxygen atoms in total. The van der Waals surface area contributed by atoms with E-state index in [1.165, 1.54) is 12.1 Å². The third-order valence-electron chi connectivity index (χ3n) is 2.95. The first-order chi connectivity index (χ1) is 7.74. The maximum Gasteiger partial charge on any atom is 0.257 e. The van der Waals surface area contributed by atoms with Gasteiger partial charge in [-0.05, 0) is 25.0 Å². The first-order valence-electron chi connectivity index (χ1n) is 5.40. The number of aliphatic hydroxyl groups is 1. The molecular formula is C12H14FNO2. The quantitative estimate of drug-likeness (QED) is 0.823. The molecule has 0 radical (unpaired) electrons. The van der Waals surface area contributed by atoms with Gasteiger partial charge >= 0.3 is 0 Å². The van der Waals surface area contributed by atoms with Crippen LogP contribution in [0.4, 0.5) is 4.39 Å². The second-order valence-electron chi connectivity index (χ2n) is 3.96. The summed E-state index contributed by atoms with van der Waals surface area (Å²) in [6, 6.07) is 5.79. The van der Waals surface area contributed by atoms with Crippen molar-refractivity contribution in [1.82, 2.24) is 4.90 Å². The van der Waals surface area contributed by atoms with Crippen LogP contribution in [0.3, 0.4) is 0 Å². The number of carbonyl (C=O) groups excluding carboxylic acids is 1. The highest BCUT2D eigenvalue weighted by atomic mass is 19.1. The van der Waals surface area contributed by atoms with Crippen LogP contribution in [0.1, 0.15) is 23.2 Å². The summed E-state index contributed by atoms with van der Waals surface area (Å²) in [6.07, 6.45) is 1.65. The van der Waals surface area contributed by atoms with Crippen LogP contribution >= 0.6 is 0 Å². The lowest BCUT2D eigenvalue weighted by molar-refractivity contribution is 0.0673. The molecule has 1 fully saturated rings. The first kappa shape index (κ1) is 11.1. The number of amides is 1. The van der Waals surface area contributed by atoms with E-state index >= 15 is 0 Å². The second-order valence-corrected chi connectivity index (χ2v) is 3.96. The molecule has 1 aliphatic heterocycles. The Morgan fingerprint density at radius 1 is 1.50 bits per heavy atom. The third-order valence-corrected chi connectivity index (χ3v) is 2.95. The van der Waals surface area contributed by atoms with E-state index in [9.17, 15) is 9.18 Å². The maximum atomic E-state index is 13.4. The average molecular weight is 223 g/mol. The topological polar surface area (TPSA) is 40.5 Å². The first-order valence-corrected chi connectivity index (χ1v) is 5.40. The Morgan fingerprint density at radius 2 is 2.25 bits per heavy atom. The summed E-state index contributed by atoms with van der Waals surface area (Å²) in [5.74, 6) is -0.828. The van der Waals surface area contributed by atoms with Crippen LogP contribution in [0.25, 0.3) is 0 Å². The SMILES string of the molecule is O=C(c1ccccc1F)N1CCC[C@@H]1CO. The summed E-state index contributed by atoms with van der Waals surface area (Å²) in [7, 11) is 0. The zero-order chi connectivity index (χ0) is 11.5. The van der Waals surface area contributed by atoms with Crippen molar-refractivity contribution in [3.8, 4) is 0 Å². The van der Waals surface area contributed by atoms with Crippen LogP contribution in [-0.2, 0) is 0 Å². The van der Waals surface area contributed by atoms with Crippen molar-refractivity contribution >= 4 is 5.91 Å². The van der Waals surface area contributed by atoms with E-state index in [2.05, 4.69) is 0 Å². The number of aliphatic hydroxyl groups excluding tert-OH is 1. The van der Waals surface area contributed by atoms with E-state index in [1.807, 2.05) is 0 Å². The minimum atomic E-state index is -0.504. The predicted octanol–water partition coefficient (Wildman–Crippen LogP) is 1.42. The van der Waals surface area contributed by atoms with Gasteiger partial charge in [-0.3, -0.25) is 4.79 Å². The van der Waals surface area contributed by atoms with Crippen molar-refractivity contribution in [3.63, 3.8) is 0 Å². The lowest BCUT2D eigenvalue weighted by atomic mass is 10.1. The van der Waals surface area contributed by atoms with E-state index in [1.54, 1.807) is 17.0 Å². The lowest BCUT2D eigenvalue weighted by Crippen LogP contribution is -2.38. The van der Waals surface area contributed by atoms with Crippen LogP contribution in [0.2, 0.25) is 0 Å². The number of halogens is 1. The molecule has 1 N–H and O–H groups in total. The van der Waals surface area contributed by atoms with Crippen LogP contribution in [0.15, 0.2) is 24.3 Å². The van der Waals surface area contributed by atoms with Gasteiger partial charge in [0, 0.05) is 6.54 Å². The van der Waals surface area contributed by atoms with Crippen molar-refractivity contribution in [1.29, 1.82) is 0 Å². The Morgan fingerprint density at radius 3 is 2.94 bits per heavy atom. The fraction of sp³-hybridized carbons (Fsp3) is 0.417. The summed E-state index contributed by atoms with van der Waals surface area (Å²) < 4.78 is 13.4. The maximum absolute atomic E-state index is 13.4. The summed E-state index contributed by atoms with van der Waals surface area (Å²) in [5.41, 5.74) is 0.0860. The van der Waals surface area contributed by atoms with E-state index < -0.39 is 5.82 Å². The van der Waals surface area contributed by atoms with E-state index in [0.29, 0.717) is 6.54 Å². The van der Waals surface area contributed by atoms with Gasteiger partial charge in [-0.1, -0.05) is 12.1 Å². The smallest absolute Gasteiger partial charge is 0.257 e. The Labute approximate surface area is 93.5 Å². The fourth-order valence-electron chi connectivity index (χ4n) is 2.08. The molecule has 0 aromatic heterocycles. The Hall–Kier alpha value is -1.42. The van der Waals surface area contributed by atoms with E-state index in [0.717, 1.165) is 12.8 Å². The Bertz CT molecular complexity index is 394. The molecule has 2 rings (SSSR count). The summed E-state index contributed by atoms with van der Waals surface area (Å²) in [4.78, 5) is 13.6. The molecule has 1 atom stereocenters. The largest absolute Gasteiger partial charge is 0.394 e. The molecule has 16 heavy (non-hydrogen) atoms. The van der Waals surface area contributed by atoms with Crippen molar-refractivity contribution < 1.29 is 14.3 Å². The van der Waals surface area contributed by atoms with Gasteiger partial charge in [0.25, 0.3) is 5.91 Å². The van der Waals surface area contributed by atoms with Gasteiger partial charge < -0.3 is 10.0 Å². The molecule has 0 spiro atoms. The van der Waals surface area contributed by atoms with Gasteiger partial charge in [-0.25, -0.2) is 4.39 Å². The minimum Gasteiger partial charge on any atom is -0.394 e. The minimum absolute atomic E-state index is 0.0554. The number of likely N-dealkylation sites (tertiary alicyclic amines) is 1. The van der Waals surface area contributed by atoms with Crippen molar-refractivity contribution in [2.45, 2.75) is 18.9 Å². The average Bonchev–Trinajstić information content (AvgIpc) is 2.77.